The minimum Gasteiger partial charge on any atom is -0.385 e. The second-order valence-corrected chi connectivity index (χ2v) is 5.34. The summed E-state index contributed by atoms with van der Waals surface area (Å²) in [7, 11) is 1.77. The van der Waals surface area contributed by atoms with Crippen molar-refractivity contribution in [3.63, 3.8) is 0 Å². The standard InChI is InChI=1S/C13H28N2O/c1-5-12-7-6-11(2)15(12)13(3,10-14)8-9-16-4/h11-12H,5-10,14H2,1-4H3. The lowest BCUT2D eigenvalue weighted by atomic mass is 9.93. The SMILES string of the molecule is CCC1CCC(C)N1C(C)(CN)CCOC. The summed E-state index contributed by atoms with van der Waals surface area (Å²) in [5, 5.41) is 0. The van der Waals surface area contributed by atoms with Gasteiger partial charge in [-0.25, -0.2) is 0 Å². The van der Waals surface area contributed by atoms with Crippen molar-refractivity contribution in [2.75, 3.05) is 20.3 Å². The largest absolute Gasteiger partial charge is 0.385 e. The van der Waals surface area contributed by atoms with Crippen molar-refractivity contribution < 1.29 is 4.74 Å². The van der Waals surface area contributed by atoms with Crippen LogP contribution >= 0.6 is 0 Å². The Kier molecular flexibility index (Phi) is 5.22. The number of hydrogen-bond acceptors (Lipinski definition) is 3. The lowest BCUT2D eigenvalue weighted by Gasteiger charge is -2.44. The van der Waals surface area contributed by atoms with Crippen molar-refractivity contribution >= 4 is 0 Å². The van der Waals surface area contributed by atoms with E-state index in [4.69, 9.17) is 10.5 Å². The number of likely N-dealkylation sites (tertiary alicyclic amines) is 1. The fourth-order valence-electron chi connectivity index (χ4n) is 3.10. The van der Waals surface area contributed by atoms with E-state index in [1.165, 1.54) is 19.3 Å². The van der Waals surface area contributed by atoms with Gasteiger partial charge in [-0.1, -0.05) is 6.92 Å². The maximum Gasteiger partial charge on any atom is 0.0480 e. The molecular formula is C13H28N2O. The molecule has 1 aliphatic heterocycles. The van der Waals surface area contributed by atoms with E-state index in [2.05, 4.69) is 25.7 Å². The minimum absolute atomic E-state index is 0.104. The van der Waals surface area contributed by atoms with Gasteiger partial charge in [-0.2, -0.15) is 0 Å². The van der Waals surface area contributed by atoms with E-state index in [1.807, 2.05) is 0 Å². The Balaban J connectivity index is 2.75. The zero-order chi connectivity index (χ0) is 12.2. The number of nitrogens with two attached hydrogens (primary N) is 1. The number of hydrogen-bond donors (Lipinski definition) is 1. The van der Waals surface area contributed by atoms with Gasteiger partial charge in [0.25, 0.3) is 0 Å². The van der Waals surface area contributed by atoms with Crippen LogP contribution < -0.4 is 5.73 Å². The molecular weight excluding hydrogens is 200 g/mol. The molecule has 0 aromatic heterocycles. The topological polar surface area (TPSA) is 38.5 Å². The number of methoxy groups -OCH3 is 1. The first-order chi connectivity index (χ1) is 7.59. The highest BCUT2D eigenvalue weighted by molar-refractivity contribution is 4.97. The maximum absolute atomic E-state index is 6.01. The zero-order valence-corrected chi connectivity index (χ0v) is 11.3. The molecule has 2 N–H and O–H groups in total. The molecule has 1 saturated heterocycles. The van der Waals surface area contributed by atoms with Crippen LogP contribution in [0, 0.1) is 0 Å². The number of ether oxygens (including phenoxy) is 1. The Hall–Kier alpha value is -0.120. The van der Waals surface area contributed by atoms with E-state index in [1.54, 1.807) is 7.11 Å². The predicted molar refractivity (Wildman–Crippen MR) is 68.6 cm³/mol. The van der Waals surface area contributed by atoms with E-state index in [-0.39, 0.29) is 5.54 Å². The van der Waals surface area contributed by atoms with Crippen molar-refractivity contribution in [1.82, 2.24) is 4.90 Å². The fraction of sp³-hybridized carbons (Fsp3) is 1.00. The maximum atomic E-state index is 6.01. The molecule has 0 amide bonds. The molecule has 3 heteroatoms. The van der Waals surface area contributed by atoms with Crippen LogP contribution in [0.2, 0.25) is 0 Å². The molecule has 0 spiro atoms. The molecule has 16 heavy (non-hydrogen) atoms. The quantitative estimate of drug-likeness (QED) is 0.756. The molecule has 0 saturated carbocycles. The molecule has 96 valence electrons. The van der Waals surface area contributed by atoms with E-state index >= 15 is 0 Å². The first-order valence-corrected chi connectivity index (χ1v) is 6.56. The highest BCUT2D eigenvalue weighted by Gasteiger charge is 2.41. The van der Waals surface area contributed by atoms with E-state index in [0.717, 1.165) is 19.6 Å². The van der Waals surface area contributed by atoms with Crippen LogP contribution in [-0.4, -0.2) is 42.8 Å². The summed E-state index contributed by atoms with van der Waals surface area (Å²) in [6.07, 6.45) is 4.88. The van der Waals surface area contributed by atoms with Gasteiger partial charge in [-0.15, -0.1) is 0 Å². The Morgan fingerprint density at radius 2 is 2.12 bits per heavy atom. The molecule has 3 nitrogen and oxygen atoms in total. The monoisotopic (exact) mass is 228 g/mol. The van der Waals surface area contributed by atoms with E-state index < -0.39 is 0 Å². The number of nitrogens with zero attached hydrogens (tertiary/aromatic N) is 1. The highest BCUT2D eigenvalue weighted by atomic mass is 16.5. The third kappa shape index (κ3) is 2.76. The van der Waals surface area contributed by atoms with Gasteiger partial charge in [0.1, 0.15) is 0 Å². The smallest absolute Gasteiger partial charge is 0.0480 e. The first-order valence-electron chi connectivity index (χ1n) is 6.56. The molecule has 0 aromatic carbocycles. The second kappa shape index (κ2) is 5.99. The van der Waals surface area contributed by atoms with Crippen molar-refractivity contribution in [1.29, 1.82) is 0 Å². The van der Waals surface area contributed by atoms with Gasteiger partial charge < -0.3 is 10.5 Å². The van der Waals surface area contributed by atoms with Crippen molar-refractivity contribution in [2.45, 2.75) is 64.1 Å². The van der Waals surface area contributed by atoms with E-state index in [9.17, 15) is 0 Å². The van der Waals surface area contributed by atoms with Gasteiger partial charge in [0, 0.05) is 37.9 Å². The van der Waals surface area contributed by atoms with Crippen molar-refractivity contribution in [3.05, 3.63) is 0 Å². The molecule has 0 bridgehead atoms. The van der Waals surface area contributed by atoms with Gasteiger partial charge >= 0.3 is 0 Å². The third-order valence-electron chi connectivity index (χ3n) is 4.17. The summed E-state index contributed by atoms with van der Waals surface area (Å²) >= 11 is 0. The third-order valence-corrected chi connectivity index (χ3v) is 4.17. The fourth-order valence-corrected chi connectivity index (χ4v) is 3.10. The summed E-state index contributed by atoms with van der Waals surface area (Å²) in [4.78, 5) is 2.64. The van der Waals surface area contributed by atoms with Gasteiger partial charge in [-0.3, -0.25) is 4.90 Å². The van der Waals surface area contributed by atoms with Crippen molar-refractivity contribution in [2.24, 2.45) is 5.73 Å². The predicted octanol–water partition coefficient (Wildman–Crippen LogP) is 2.00. The molecule has 1 rings (SSSR count). The summed E-state index contributed by atoms with van der Waals surface area (Å²) in [5.41, 5.74) is 6.11. The summed E-state index contributed by atoms with van der Waals surface area (Å²) in [5.74, 6) is 0. The van der Waals surface area contributed by atoms with Crippen LogP contribution in [-0.2, 0) is 4.74 Å². The van der Waals surface area contributed by atoms with Gasteiger partial charge in [0.05, 0.1) is 0 Å². The Morgan fingerprint density at radius 3 is 2.62 bits per heavy atom. The normalized spacial score (nSPS) is 30.6. The van der Waals surface area contributed by atoms with Crippen LogP contribution in [0.25, 0.3) is 0 Å². The zero-order valence-electron chi connectivity index (χ0n) is 11.3. The second-order valence-electron chi connectivity index (χ2n) is 5.34. The van der Waals surface area contributed by atoms with Gasteiger partial charge in [0.2, 0.25) is 0 Å². The lowest BCUT2D eigenvalue weighted by molar-refractivity contribution is 0.0319. The average Bonchev–Trinajstić information content (AvgIpc) is 2.68. The summed E-state index contributed by atoms with van der Waals surface area (Å²) in [6, 6.07) is 1.37. The Morgan fingerprint density at radius 1 is 1.44 bits per heavy atom. The summed E-state index contributed by atoms with van der Waals surface area (Å²) < 4.78 is 5.22. The molecule has 0 aliphatic carbocycles. The van der Waals surface area contributed by atoms with Crippen molar-refractivity contribution in [3.8, 4) is 0 Å². The number of rotatable bonds is 6. The minimum atomic E-state index is 0.104. The van der Waals surface area contributed by atoms with Gasteiger partial charge in [-0.05, 0) is 39.5 Å². The summed E-state index contributed by atoms with van der Waals surface area (Å²) in [6.45, 7) is 8.42. The van der Waals surface area contributed by atoms with Crippen LogP contribution in [0.15, 0.2) is 0 Å². The van der Waals surface area contributed by atoms with Crippen LogP contribution in [0.3, 0.4) is 0 Å². The highest BCUT2D eigenvalue weighted by Crippen LogP contribution is 2.34. The van der Waals surface area contributed by atoms with Crippen LogP contribution in [0.1, 0.15) is 46.5 Å². The van der Waals surface area contributed by atoms with Crippen LogP contribution in [0.4, 0.5) is 0 Å². The Labute approximate surface area is 100 Å². The van der Waals surface area contributed by atoms with Crippen LogP contribution in [0.5, 0.6) is 0 Å². The van der Waals surface area contributed by atoms with Gasteiger partial charge in [0.15, 0.2) is 0 Å². The molecule has 3 unspecified atom stereocenters. The molecule has 0 radical (unpaired) electrons. The van der Waals surface area contributed by atoms with E-state index in [0.29, 0.717) is 12.1 Å². The molecule has 0 aromatic rings. The molecule has 1 fully saturated rings. The first kappa shape index (κ1) is 13.9. The average molecular weight is 228 g/mol. The molecule has 3 atom stereocenters. The molecule has 1 aliphatic rings. The lowest BCUT2D eigenvalue weighted by Crippen LogP contribution is -2.56. The molecule has 1 heterocycles. The Bertz CT molecular complexity index is 210.